The Kier molecular flexibility index (Phi) is 4.39. The molecular formula is C13H15ClN2O2S2. The number of benzene rings is 1. The Labute approximate surface area is 127 Å². The Morgan fingerprint density at radius 3 is 2.60 bits per heavy atom. The van der Waals surface area contributed by atoms with Gasteiger partial charge in [0.1, 0.15) is 4.90 Å². The monoisotopic (exact) mass is 330 g/mol. The molecule has 1 heterocycles. The normalized spacial score (nSPS) is 11.6. The first kappa shape index (κ1) is 15.3. The number of rotatable bonds is 4. The van der Waals surface area contributed by atoms with Gasteiger partial charge in [0.2, 0.25) is 0 Å². The number of halogens is 1. The van der Waals surface area contributed by atoms with E-state index in [2.05, 4.69) is 4.72 Å². The number of thiophene rings is 1. The first-order chi connectivity index (χ1) is 9.33. The van der Waals surface area contributed by atoms with Gasteiger partial charge in [-0.25, -0.2) is 8.42 Å². The van der Waals surface area contributed by atoms with Crippen molar-refractivity contribution in [3.8, 4) is 0 Å². The zero-order valence-electron chi connectivity index (χ0n) is 11.1. The minimum absolute atomic E-state index is 0.250. The molecule has 1 aromatic carbocycles. The predicted molar refractivity (Wildman–Crippen MR) is 83.9 cm³/mol. The maximum absolute atomic E-state index is 12.4. The summed E-state index contributed by atoms with van der Waals surface area (Å²) >= 11 is 7.40. The van der Waals surface area contributed by atoms with Crippen LogP contribution in [0.1, 0.15) is 15.3 Å². The SMILES string of the molecule is Cc1ccc(Cl)c(NS(=O)(=O)c2cc(CN)sc2C)c1. The van der Waals surface area contributed by atoms with Gasteiger partial charge < -0.3 is 5.73 Å². The Balaban J connectivity index is 2.40. The number of anilines is 1. The summed E-state index contributed by atoms with van der Waals surface area (Å²) in [5, 5.41) is 0.367. The summed E-state index contributed by atoms with van der Waals surface area (Å²) in [5.74, 6) is 0. The minimum Gasteiger partial charge on any atom is -0.326 e. The lowest BCUT2D eigenvalue weighted by atomic mass is 10.2. The lowest BCUT2D eigenvalue weighted by molar-refractivity contribution is 0.601. The average Bonchev–Trinajstić information content (AvgIpc) is 2.76. The second kappa shape index (κ2) is 5.73. The van der Waals surface area contributed by atoms with E-state index in [0.717, 1.165) is 10.4 Å². The van der Waals surface area contributed by atoms with E-state index in [4.69, 9.17) is 17.3 Å². The van der Waals surface area contributed by atoms with Gasteiger partial charge in [-0.1, -0.05) is 17.7 Å². The van der Waals surface area contributed by atoms with Gasteiger partial charge in [0, 0.05) is 16.3 Å². The molecular weight excluding hydrogens is 316 g/mol. The average molecular weight is 331 g/mol. The Hall–Kier alpha value is -1.08. The summed E-state index contributed by atoms with van der Waals surface area (Å²) in [6.45, 7) is 3.96. The number of sulfonamides is 1. The van der Waals surface area contributed by atoms with Crippen LogP contribution in [0.3, 0.4) is 0 Å². The molecule has 1 aromatic heterocycles. The third kappa shape index (κ3) is 3.15. The molecule has 3 N–H and O–H groups in total. The van der Waals surface area contributed by atoms with Crippen molar-refractivity contribution in [3.05, 3.63) is 44.6 Å². The quantitative estimate of drug-likeness (QED) is 0.903. The molecule has 0 amide bonds. The molecule has 0 saturated heterocycles. The van der Waals surface area contributed by atoms with Crippen molar-refractivity contribution in [2.45, 2.75) is 25.3 Å². The number of hydrogen-bond acceptors (Lipinski definition) is 4. The molecule has 4 nitrogen and oxygen atoms in total. The summed E-state index contributed by atoms with van der Waals surface area (Å²) in [7, 11) is -3.65. The molecule has 7 heteroatoms. The zero-order valence-corrected chi connectivity index (χ0v) is 13.5. The first-order valence-electron chi connectivity index (χ1n) is 5.92. The van der Waals surface area contributed by atoms with Gasteiger partial charge in [0.25, 0.3) is 10.0 Å². The Bertz CT molecular complexity index is 739. The lowest BCUT2D eigenvalue weighted by Gasteiger charge is -2.10. The van der Waals surface area contributed by atoms with Crippen LogP contribution in [0.25, 0.3) is 0 Å². The van der Waals surface area contributed by atoms with Crippen molar-refractivity contribution in [3.63, 3.8) is 0 Å². The third-order valence-corrected chi connectivity index (χ3v) is 5.80. The maximum Gasteiger partial charge on any atom is 0.263 e. The Morgan fingerprint density at radius 2 is 2.00 bits per heavy atom. The van der Waals surface area contributed by atoms with Gasteiger partial charge >= 0.3 is 0 Å². The van der Waals surface area contributed by atoms with Crippen molar-refractivity contribution in [1.82, 2.24) is 0 Å². The fourth-order valence-corrected chi connectivity index (χ4v) is 4.62. The van der Waals surface area contributed by atoms with Crippen molar-refractivity contribution < 1.29 is 8.42 Å². The van der Waals surface area contributed by atoms with Crippen molar-refractivity contribution >= 4 is 38.6 Å². The van der Waals surface area contributed by atoms with Crippen LogP contribution in [-0.2, 0) is 16.6 Å². The van der Waals surface area contributed by atoms with Crippen LogP contribution in [-0.4, -0.2) is 8.42 Å². The molecule has 2 aromatic rings. The standard InChI is InChI=1S/C13H15ClN2O2S2/c1-8-3-4-11(14)12(5-8)16-20(17,18)13-6-10(7-15)19-9(13)2/h3-6,16H,7,15H2,1-2H3. The number of nitrogens with one attached hydrogen (secondary N) is 1. The van der Waals surface area contributed by atoms with Crippen LogP contribution in [0.5, 0.6) is 0 Å². The highest BCUT2D eigenvalue weighted by atomic mass is 35.5. The lowest BCUT2D eigenvalue weighted by Crippen LogP contribution is -2.13. The van der Waals surface area contributed by atoms with Gasteiger partial charge in [0.15, 0.2) is 0 Å². The molecule has 0 bridgehead atoms. The fourth-order valence-electron chi connectivity index (χ4n) is 1.81. The maximum atomic E-state index is 12.4. The van der Waals surface area contributed by atoms with E-state index in [-0.39, 0.29) is 4.90 Å². The van der Waals surface area contributed by atoms with Crippen LogP contribution in [0.4, 0.5) is 5.69 Å². The number of nitrogens with two attached hydrogens (primary N) is 1. The highest BCUT2D eigenvalue weighted by Crippen LogP contribution is 2.30. The van der Waals surface area contributed by atoms with E-state index in [1.807, 2.05) is 13.0 Å². The van der Waals surface area contributed by atoms with E-state index in [1.165, 1.54) is 11.3 Å². The second-order valence-corrected chi connectivity index (χ2v) is 7.82. The molecule has 0 radical (unpaired) electrons. The summed E-state index contributed by atoms with van der Waals surface area (Å²) in [6, 6.07) is 6.79. The second-order valence-electron chi connectivity index (χ2n) is 4.43. The van der Waals surface area contributed by atoms with Gasteiger partial charge in [-0.3, -0.25) is 4.72 Å². The molecule has 0 aliphatic heterocycles. The van der Waals surface area contributed by atoms with E-state index >= 15 is 0 Å². The van der Waals surface area contributed by atoms with Crippen LogP contribution in [0.15, 0.2) is 29.2 Å². The van der Waals surface area contributed by atoms with Crippen LogP contribution < -0.4 is 10.5 Å². The van der Waals surface area contributed by atoms with E-state index in [0.29, 0.717) is 22.1 Å². The van der Waals surface area contributed by atoms with E-state index in [9.17, 15) is 8.42 Å². The molecule has 0 fully saturated rings. The highest BCUT2D eigenvalue weighted by Gasteiger charge is 2.20. The van der Waals surface area contributed by atoms with Crippen molar-refractivity contribution in [2.24, 2.45) is 5.73 Å². The fraction of sp³-hybridized carbons (Fsp3) is 0.231. The summed E-state index contributed by atoms with van der Waals surface area (Å²) < 4.78 is 27.4. The minimum atomic E-state index is -3.65. The molecule has 0 aliphatic carbocycles. The molecule has 0 saturated carbocycles. The largest absolute Gasteiger partial charge is 0.326 e. The molecule has 0 spiro atoms. The van der Waals surface area contributed by atoms with Gasteiger partial charge in [-0.2, -0.15) is 0 Å². The number of hydrogen-bond donors (Lipinski definition) is 2. The first-order valence-corrected chi connectivity index (χ1v) is 8.59. The van der Waals surface area contributed by atoms with Gasteiger partial charge in [0.05, 0.1) is 10.7 Å². The van der Waals surface area contributed by atoms with Crippen LogP contribution in [0, 0.1) is 13.8 Å². The molecule has 0 aliphatic rings. The zero-order chi connectivity index (χ0) is 14.9. The summed E-state index contributed by atoms with van der Waals surface area (Å²) in [6.07, 6.45) is 0. The van der Waals surface area contributed by atoms with Crippen molar-refractivity contribution in [1.29, 1.82) is 0 Å². The molecule has 108 valence electrons. The van der Waals surface area contributed by atoms with Gasteiger partial charge in [-0.05, 0) is 37.6 Å². The molecule has 0 unspecified atom stereocenters. The van der Waals surface area contributed by atoms with Gasteiger partial charge in [-0.15, -0.1) is 11.3 Å². The smallest absolute Gasteiger partial charge is 0.263 e. The molecule has 20 heavy (non-hydrogen) atoms. The highest BCUT2D eigenvalue weighted by molar-refractivity contribution is 7.93. The summed E-state index contributed by atoms with van der Waals surface area (Å²) in [4.78, 5) is 1.79. The number of aryl methyl sites for hydroxylation is 2. The van der Waals surface area contributed by atoms with Crippen molar-refractivity contribution in [2.75, 3.05) is 4.72 Å². The molecule has 0 atom stereocenters. The Morgan fingerprint density at radius 1 is 1.30 bits per heavy atom. The summed E-state index contributed by atoms with van der Waals surface area (Å²) in [5.41, 5.74) is 6.85. The van der Waals surface area contributed by atoms with Crippen LogP contribution in [0.2, 0.25) is 5.02 Å². The molecule has 2 rings (SSSR count). The third-order valence-electron chi connectivity index (χ3n) is 2.78. The topological polar surface area (TPSA) is 72.2 Å². The van der Waals surface area contributed by atoms with Crippen LogP contribution >= 0.6 is 22.9 Å². The van der Waals surface area contributed by atoms with E-state index in [1.54, 1.807) is 25.1 Å². The van der Waals surface area contributed by atoms with E-state index < -0.39 is 10.0 Å². The predicted octanol–water partition coefficient (Wildman–Crippen LogP) is 3.28.